The zero-order valence-corrected chi connectivity index (χ0v) is 15.5. The van der Waals surface area contributed by atoms with Gasteiger partial charge in [0.2, 0.25) is 0 Å². The molecule has 26 heavy (non-hydrogen) atoms. The number of amides is 1. The highest BCUT2D eigenvalue weighted by molar-refractivity contribution is 6.37. The third-order valence-electron chi connectivity index (χ3n) is 3.38. The molecule has 1 amide bonds. The molecule has 2 aromatic carbocycles. The van der Waals surface area contributed by atoms with Crippen molar-refractivity contribution in [1.29, 1.82) is 0 Å². The standard InChI is InChI=1S/C19H17Cl2NO4/c1-25-14-7-5-13(6-8-14)11-22-18(23)12-26-19(24)10-9-15-16(20)3-2-4-17(15)21/h2-10H,11-12H2,1H3,(H,22,23)/b10-9+. The molecule has 1 N–H and O–H groups in total. The van der Waals surface area contributed by atoms with Crippen LogP contribution in [-0.2, 0) is 20.9 Å². The van der Waals surface area contributed by atoms with Crippen LogP contribution in [-0.4, -0.2) is 25.6 Å². The fourth-order valence-corrected chi connectivity index (χ4v) is 2.52. The number of hydrogen-bond acceptors (Lipinski definition) is 4. The first-order valence-electron chi connectivity index (χ1n) is 7.68. The molecule has 0 atom stereocenters. The van der Waals surface area contributed by atoms with Crippen LogP contribution in [0.2, 0.25) is 10.0 Å². The van der Waals surface area contributed by atoms with E-state index in [0.29, 0.717) is 22.2 Å². The van der Waals surface area contributed by atoms with Gasteiger partial charge < -0.3 is 14.8 Å². The van der Waals surface area contributed by atoms with Crippen LogP contribution < -0.4 is 10.1 Å². The van der Waals surface area contributed by atoms with Crippen LogP contribution >= 0.6 is 23.2 Å². The average molecular weight is 394 g/mol. The molecule has 0 aliphatic heterocycles. The number of carbonyl (C=O) groups excluding carboxylic acids is 2. The monoisotopic (exact) mass is 393 g/mol. The van der Waals surface area contributed by atoms with Crippen molar-refractivity contribution in [2.24, 2.45) is 0 Å². The summed E-state index contributed by atoms with van der Waals surface area (Å²) in [5.41, 5.74) is 1.41. The van der Waals surface area contributed by atoms with Gasteiger partial charge in [0.15, 0.2) is 6.61 Å². The van der Waals surface area contributed by atoms with E-state index in [9.17, 15) is 9.59 Å². The zero-order chi connectivity index (χ0) is 18.9. The number of halogens is 2. The molecule has 0 bridgehead atoms. The van der Waals surface area contributed by atoms with E-state index in [0.717, 1.165) is 11.3 Å². The minimum atomic E-state index is -0.666. The molecule has 0 spiro atoms. The Kier molecular flexibility index (Phi) is 7.51. The fourth-order valence-electron chi connectivity index (χ4n) is 2.00. The Bertz CT molecular complexity index is 783. The number of benzene rings is 2. The van der Waals surface area contributed by atoms with Crippen LogP contribution in [0.25, 0.3) is 6.08 Å². The van der Waals surface area contributed by atoms with Crippen LogP contribution in [0, 0.1) is 0 Å². The summed E-state index contributed by atoms with van der Waals surface area (Å²) < 4.78 is 9.95. The maximum Gasteiger partial charge on any atom is 0.331 e. The molecule has 0 aliphatic rings. The van der Waals surface area contributed by atoms with Crippen molar-refractivity contribution >= 4 is 41.2 Å². The maximum atomic E-state index is 11.7. The second-order valence-corrected chi connectivity index (χ2v) is 6.02. The molecule has 0 unspecified atom stereocenters. The lowest BCUT2D eigenvalue weighted by molar-refractivity contribution is -0.143. The van der Waals surface area contributed by atoms with Gasteiger partial charge in [-0.1, -0.05) is 41.4 Å². The van der Waals surface area contributed by atoms with Crippen molar-refractivity contribution in [1.82, 2.24) is 5.32 Å². The van der Waals surface area contributed by atoms with Crippen LogP contribution in [0.15, 0.2) is 48.5 Å². The molecule has 5 nitrogen and oxygen atoms in total. The summed E-state index contributed by atoms with van der Waals surface area (Å²) in [4.78, 5) is 23.4. The molecule has 0 fully saturated rings. The van der Waals surface area contributed by atoms with E-state index in [1.807, 2.05) is 12.1 Å². The summed E-state index contributed by atoms with van der Waals surface area (Å²) in [5, 5.41) is 3.49. The predicted molar refractivity (Wildman–Crippen MR) is 101 cm³/mol. The molecular formula is C19H17Cl2NO4. The first kappa shape index (κ1) is 19.8. The molecule has 0 saturated heterocycles. The highest BCUT2D eigenvalue weighted by atomic mass is 35.5. The van der Waals surface area contributed by atoms with Crippen molar-refractivity contribution in [3.05, 3.63) is 69.7 Å². The maximum absolute atomic E-state index is 11.7. The molecule has 0 aromatic heterocycles. The summed E-state index contributed by atoms with van der Waals surface area (Å²) in [6.07, 6.45) is 2.62. The first-order valence-corrected chi connectivity index (χ1v) is 8.43. The molecule has 2 rings (SSSR count). The van der Waals surface area contributed by atoms with Gasteiger partial charge in [0.25, 0.3) is 5.91 Å². The summed E-state index contributed by atoms with van der Waals surface area (Å²) in [6, 6.07) is 12.3. The number of methoxy groups -OCH3 is 1. The van der Waals surface area contributed by atoms with Crippen molar-refractivity contribution in [3.63, 3.8) is 0 Å². The topological polar surface area (TPSA) is 64.6 Å². The summed E-state index contributed by atoms with van der Waals surface area (Å²) >= 11 is 12.0. The lowest BCUT2D eigenvalue weighted by Gasteiger charge is -2.06. The lowest BCUT2D eigenvalue weighted by Crippen LogP contribution is -2.28. The fraction of sp³-hybridized carbons (Fsp3) is 0.158. The van der Waals surface area contributed by atoms with Crippen molar-refractivity contribution in [2.45, 2.75) is 6.54 Å². The molecule has 0 saturated carbocycles. The largest absolute Gasteiger partial charge is 0.497 e. The molecule has 0 heterocycles. The van der Waals surface area contributed by atoms with E-state index >= 15 is 0 Å². The van der Waals surface area contributed by atoms with E-state index < -0.39 is 11.9 Å². The summed E-state index contributed by atoms with van der Waals surface area (Å²) in [7, 11) is 1.58. The Hall–Kier alpha value is -2.50. The molecular weight excluding hydrogens is 377 g/mol. The van der Waals surface area contributed by atoms with Gasteiger partial charge in [0, 0.05) is 28.2 Å². The van der Waals surface area contributed by atoms with Gasteiger partial charge in [0.1, 0.15) is 5.75 Å². The van der Waals surface area contributed by atoms with E-state index in [1.54, 1.807) is 37.4 Å². The lowest BCUT2D eigenvalue weighted by atomic mass is 10.2. The number of ether oxygens (including phenoxy) is 2. The van der Waals surface area contributed by atoms with Gasteiger partial charge in [-0.25, -0.2) is 4.79 Å². The van der Waals surface area contributed by atoms with Crippen molar-refractivity contribution in [2.75, 3.05) is 13.7 Å². The second-order valence-electron chi connectivity index (χ2n) is 5.20. The van der Waals surface area contributed by atoms with Gasteiger partial charge in [-0.05, 0) is 35.9 Å². The molecule has 0 aliphatic carbocycles. The summed E-state index contributed by atoms with van der Waals surface area (Å²) in [5.74, 6) is -0.335. The van der Waals surface area contributed by atoms with Gasteiger partial charge >= 0.3 is 5.97 Å². The normalized spacial score (nSPS) is 10.6. The van der Waals surface area contributed by atoms with E-state index in [-0.39, 0.29) is 6.61 Å². The number of rotatable bonds is 7. The first-order chi connectivity index (χ1) is 12.5. The van der Waals surface area contributed by atoms with E-state index in [4.69, 9.17) is 32.7 Å². The molecule has 7 heteroatoms. The SMILES string of the molecule is COc1ccc(CNC(=O)COC(=O)/C=C/c2c(Cl)cccc2Cl)cc1. The quantitative estimate of drug-likeness (QED) is 0.572. The minimum Gasteiger partial charge on any atom is -0.497 e. The summed E-state index contributed by atoms with van der Waals surface area (Å²) in [6.45, 7) is -0.0545. The number of hydrogen-bond donors (Lipinski definition) is 1. The molecule has 2 aromatic rings. The Morgan fingerprint density at radius 3 is 2.35 bits per heavy atom. The van der Waals surface area contributed by atoms with Gasteiger partial charge in [-0.3, -0.25) is 4.79 Å². The van der Waals surface area contributed by atoms with Crippen LogP contribution in [0.1, 0.15) is 11.1 Å². The van der Waals surface area contributed by atoms with Crippen molar-refractivity contribution in [3.8, 4) is 5.75 Å². The number of carbonyl (C=O) groups is 2. The van der Waals surface area contributed by atoms with Crippen LogP contribution in [0.5, 0.6) is 5.75 Å². The van der Waals surface area contributed by atoms with Crippen LogP contribution in [0.4, 0.5) is 0 Å². The van der Waals surface area contributed by atoms with Crippen molar-refractivity contribution < 1.29 is 19.1 Å². The van der Waals surface area contributed by atoms with Gasteiger partial charge in [-0.2, -0.15) is 0 Å². The Labute approximate surface area is 161 Å². The number of nitrogens with one attached hydrogen (secondary N) is 1. The number of esters is 1. The zero-order valence-electron chi connectivity index (χ0n) is 14.0. The highest BCUT2D eigenvalue weighted by Gasteiger charge is 2.06. The minimum absolute atomic E-state index is 0.325. The second kappa shape index (κ2) is 9.85. The third-order valence-corrected chi connectivity index (χ3v) is 4.04. The van der Waals surface area contributed by atoms with E-state index in [1.165, 1.54) is 12.2 Å². The molecule has 0 radical (unpaired) electrons. The Morgan fingerprint density at radius 2 is 1.73 bits per heavy atom. The predicted octanol–water partition coefficient (Wildman–Crippen LogP) is 3.87. The average Bonchev–Trinajstić information content (AvgIpc) is 2.64. The van der Waals surface area contributed by atoms with Gasteiger partial charge in [0.05, 0.1) is 7.11 Å². The molecule has 136 valence electrons. The van der Waals surface area contributed by atoms with Gasteiger partial charge in [-0.15, -0.1) is 0 Å². The smallest absolute Gasteiger partial charge is 0.331 e. The Morgan fingerprint density at radius 1 is 1.08 bits per heavy atom. The highest BCUT2D eigenvalue weighted by Crippen LogP contribution is 2.25. The Balaban J connectivity index is 1.77. The van der Waals surface area contributed by atoms with E-state index in [2.05, 4.69) is 5.32 Å². The van der Waals surface area contributed by atoms with Crippen LogP contribution in [0.3, 0.4) is 0 Å². The third kappa shape index (κ3) is 6.10.